The lowest BCUT2D eigenvalue weighted by atomic mass is 10.0. The third-order valence-electron chi connectivity index (χ3n) is 6.50. The molecular formula is C30H57N3O5+2. The minimum Gasteiger partial charge on any atom is -0.372 e. The molecule has 38 heavy (non-hydrogen) atoms. The molecule has 1 N–H and O–H groups in total. The summed E-state index contributed by atoms with van der Waals surface area (Å²) in [7, 11) is 0. The van der Waals surface area contributed by atoms with Gasteiger partial charge in [0.05, 0.1) is 26.1 Å². The highest BCUT2D eigenvalue weighted by molar-refractivity contribution is 5.77. The van der Waals surface area contributed by atoms with Crippen LogP contribution in [0.3, 0.4) is 0 Å². The van der Waals surface area contributed by atoms with Crippen molar-refractivity contribution < 1.29 is 33.0 Å². The third-order valence-corrected chi connectivity index (χ3v) is 6.50. The highest BCUT2D eigenvalue weighted by Gasteiger charge is 2.17. The molecule has 0 aliphatic heterocycles. The summed E-state index contributed by atoms with van der Waals surface area (Å²) >= 11 is 0. The van der Waals surface area contributed by atoms with Crippen molar-refractivity contribution in [2.45, 2.75) is 117 Å². The van der Waals surface area contributed by atoms with Gasteiger partial charge in [-0.1, -0.05) is 77.6 Å². The molecule has 0 saturated heterocycles. The molecule has 0 fully saturated rings. The zero-order valence-electron chi connectivity index (χ0n) is 24.6. The minimum absolute atomic E-state index is 0.0207. The number of amides is 3. The highest BCUT2D eigenvalue weighted by Crippen LogP contribution is 2.12. The van der Waals surface area contributed by atoms with Gasteiger partial charge < -0.3 is 14.8 Å². The fraction of sp³-hybridized carbons (Fsp3) is 0.833. The first kappa shape index (κ1) is 36.1. The number of nitrogens with zero attached hydrogens (tertiary/aromatic N) is 2. The summed E-state index contributed by atoms with van der Waals surface area (Å²) in [6.07, 6.45) is 17.8. The molecule has 0 aliphatic carbocycles. The van der Waals surface area contributed by atoms with Gasteiger partial charge in [-0.25, -0.2) is 9.59 Å². The summed E-state index contributed by atoms with van der Waals surface area (Å²) in [6.45, 7) is 14.4. The molecule has 0 atom stereocenters. The van der Waals surface area contributed by atoms with Crippen LogP contribution >= 0.6 is 0 Å². The van der Waals surface area contributed by atoms with Crippen molar-refractivity contribution in [1.82, 2.24) is 5.32 Å². The van der Waals surface area contributed by atoms with E-state index in [0.717, 1.165) is 19.3 Å². The molecule has 0 spiro atoms. The first-order valence-electron chi connectivity index (χ1n) is 15.1. The number of nitrogens with one attached hydrogen (secondary N) is 1. The highest BCUT2D eigenvalue weighted by atomic mass is 16.5. The zero-order valence-corrected chi connectivity index (χ0v) is 24.6. The van der Waals surface area contributed by atoms with Crippen LogP contribution in [-0.2, 0) is 23.9 Å². The summed E-state index contributed by atoms with van der Waals surface area (Å²) in [5, 5.41) is 2.65. The van der Waals surface area contributed by atoms with E-state index in [4.69, 9.17) is 9.47 Å². The van der Waals surface area contributed by atoms with Gasteiger partial charge in [-0.2, -0.15) is 9.15 Å². The average Bonchev–Trinajstić information content (AvgIpc) is 2.90. The molecule has 0 unspecified atom stereocenters. The summed E-state index contributed by atoms with van der Waals surface area (Å²) in [5.41, 5.74) is 0. The van der Waals surface area contributed by atoms with Crippen LogP contribution in [0, 0.1) is 0 Å². The molecule has 0 aromatic carbocycles. The van der Waals surface area contributed by atoms with E-state index < -0.39 is 0 Å². The van der Waals surface area contributed by atoms with Crippen LogP contribution in [0.15, 0.2) is 0 Å². The number of carbonyl (C=O) groups is 3. The maximum atomic E-state index is 12.3. The van der Waals surface area contributed by atoms with Gasteiger partial charge in [0.1, 0.15) is 26.6 Å². The first-order chi connectivity index (χ1) is 18.4. The number of hydrogen-bond acceptors (Lipinski definition) is 5. The van der Waals surface area contributed by atoms with Gasteiger partial charge in [0.15, 0.2) is 13.1 Å². The SMILES string of the molecule is C=[N+](CCCCC(=O)[N+](=C)CCOCCOCC(=O)NCC)C(=O)CCCCCCCCCCCCCC. The number of rotatable bonds is 27. The van der Waals surface area contributed by atoms with Crippen LogP contribution in [0.2, 0.25) is 0 Å². The van der Waals surface area contributed by atoms with Crippen LogP contribution < -0.4 is 5.32 Å². The van der Waals surface area contributed by atoms with Crippen molar-refractivity contribution in [2.75, 3.05) is 46.1 Å². The molecule has 0 bridgehead atoms. The normalized spacial score (nSPS) is 10.9. The second-order valence-electron chi connectivity index (χ2n) is 10.0. The lowest BCUT2D eigenvalue weighted by Gasteiger charge is -2.05. The van der Waals surface area contributed by atoms with Gasteiger partial charge in [0.25, 0.3) is 0 Å². The molecule has 0 aliphatic rings. The van der Waals surface area contributed by atoms with Gasteiger partial charge in [0, 0.05) is 13.0 Å². The van der Waals surface area contributed by atoms with Crippen LogP contribution in [0.25, 0.3) is 0 Å². The number of unbranched alkanes of at least 4 members (excludes halogenated alkanes) is 12. The number of carbonyl (C=O) groups excluding carboxylic acids is 3. The Labute approximate surface area is 232 Å². The molecule has 8 heteroatoms. The van der Waals surface area contributed by atoms with E-state index in [0.29, 0.717) is 58.7 Å². The van der Waals surface area contributed by atoms with Crippen LogP contribution in [0.4, 0.5) is 0 Å². The van der Waals surface area contributed by atoms with Gasteiger partial charge in [-0.15, -0.1) is 0 Å². The maximum absolute atomic E-state index is 12.3. The topological polar surface area (TPSA) is 87.7 Å². The lowest BCUT2D eigenvalue weighted by Crippen LogP contribution is -2.28. The number of hydrogen-bond donors (Lipinski definition) is 1. The summed E-state index contributed by atoms with van der Waals surface area (Å²) < 4.78 is 13.6. The summed E-state index contributed by atoms with van der Waals surface area (Å²) in [6, 6.07) is 0. The third kappa shape index (κ3) is 23.2. The van der Waals surface area contributed by atoms with Crippen molar-refractivity contribution in [1.29, 1.82) is 0 Å². The Morgan fingerprint density at radius 1 is 0.605 bits per heavy atom. The van der Waals surface area contributed by atoms with Crippen molar-refractivity contribution in [3.63, 3.8) is 0 Å². The van der Waals surface area contributed by atoms with Crippen LogP contribution in [0.5, 0.6) is 0 Å². The van der Waals surface area contributed by atoms with Gasteiger partial charge in [-0.05, 0) is 19.8 Å². The quantitative estimate of drug-likeness (QED) is 0.0912. The molecule has 0 aromatic rings. The van der Waals surface area contributed by atoms with E-state index in [2.05, 4.69) is 25.7 Å². The predicted octanol–water partition coefficient (Wildman–Crippen LogP) is 4.90. The molecule has 3 amide bonds. The van der Waals surface area contributed by atoms with Crippen LogP contribution in [0.1, 0.15) is 117 Å². The molecule has 0 heterocycles. The smallest absolute Gasteiger partial charge is 0.372 e. The van der Waals surface area contributed by atoms with Gasteiger partial charge >= 0.3 is 11.8 Å². The monoisotopic (exact) mass is 539 g/mol. The molecule has 220 valence electrons. The van der Waals surface area contributed by atoms with Crippen LogP contribution in [-0.4, -0.2) is 86.4 Å². The Kier molecular flexibility index (Phi) is 25.3. The van der Waals surface area contributed by atoms with E-state index >= 15 is 0 Å². The second-order valence-corrected chi connectivity index (χ2v) is 10.0. The minimum atomic E-state index is -0.145. The largest absolute Gasteiger partial charge is 0.386 e. The number of likely N-dealkylation sites (N-methyl/N-ethyl adjacent to an activating group) is 1. The van der Waals surface area contributed by atoms with E-state index in [1.54, 1.807) is 4.58 Å². The molecule has 0 aromatic heterocycles. The van der Waals surface area contributed by atoms with E-state index in [9.17, 15) is 14.4 Å². The summed E-state index contributed by atoms with van der Waals surface area (Å²) in [4.78, 5) is 35.7. The standard InChI is InChI=1S/C30H56N3O5/c1-5-7-8-9-10-11-12-13-14-15-16-17-20-29(35)32(3)22-19-18-21-30(36)33(4)23-24-37-25-26-38-27-28(34)31-6-2/h3-27H2,1-2H3/q+1/p+1. The molecular weight excluding hydrogens is 482 g/mol. The number of ether oxygens (including phenoxy) is 2. The zero-order chi connectivity index (χ0) is 28.3. The van der Waals surface area contributed by atoms with Crippen molar-refractivity contribution in [3.05, 3.63) is 0 Å². The Hall–Kier alpha value is -1.93. The Bertz CT molecular complexity index is 666. The fourth-order valence-corrected chi connectivity index (χ4v) is 4.07. The van der Waals surface area contributed by atoms with E-state index in [-0.39, 0.29) is 24.3 Å². The lowest BCUT2D eigenvalue weighted by molar-refractivity contribution is -0.447. The molecule has 0 rings (SSSR count). The molecule has 0 saturated carbocycles. The Morgan fingerprint density at radius 3 is 1.63 bits per heavy atom. The van der Waals surface area contributed by atoms with Crippen molar-refractivity contribution >= 4 is 31.2 Å². The van der Waals surface area contributed by atoms with E-state index in [1.807, 2.05) is 6.92 Å². The van der Waals surface area contributed by atoms with Gasteiger partial charge in [0.2, 0.25) is 5.91 Å². The maximum Gasteiger partial charge on any atom is 0.386 e. The van der Waals surface area contributed by atoms with Crippen molar-refractivity contribution in [2.24, 2.45) is 0 Å². The summed E-state index contributed by atoms with van der Waals surface area (Å²) in [5.74, 6) is -0.0956. The second kappa shape index (κ2) is 26.7. The fourth-order valence-electron chi connectivity index (χ4n) is 4.07. The van der Waals surface area contributed by atoms with Crippen molar-refractivity contribution in [3.8, 4) is 0 Å². The Balaban J connectivity index is 3.60. The molecule has 8 nitrogen and oxygen atoms in total. The van der Waals surface area contributed by atoms with E-state index in [1.165, 1.54) is 68.8 Å². The molecule has 0 radical (unpaired) electrons. The predicted molar refractivity (Wildman–Crippen MR) is 154 cm³/mol. The Morgan fingerprint density at radius 2 is 1.08 bits per heavy atom. The van der Waals surface area contributed by atoms with Gasteiger partial charge in [-0.3, -0.25) is 4.79 Å². The first-order valence-corrected chi connectivity index (χ1v) is 15.1. The average molecular weight is 540 g/mol.